The average Bonchev–Trinajstić information content (AvgIpc) is 3.27. The number of methoxy groups -OCH3 is 1. The standard InChI is InChI=1S/C22H22F2N4O3/c1-30-19-4-2-16(3-5-19)21-26-27-22(31-21)28-8-6-15(7-9-28)20(29)25-13-14-10-17(23)12-18(24)11-14/h2-5,10-12,15H,6-9,13H2,1H3,(H,25,29). The summed E-state index contributed by atoms with van der Waals surface area (Å²) in [6.07, 6.45) is 1.23. The van der Waals surface area contributed by atoms with Gasteiger partial charge in [-0.3, -0.25) is 4.79 Å². The lowest BCUT2D eigenvalue weighted by Crippen LogP contribution is -2.40. The smallest absolute Gasteiger partial charge is 0.318 e. The van der Waals surface area contributed by atoms with Crippen LogP contribution in [0.2, 0.25) is 0 Å². The van der Waals surface area contributed by atoms with Gasteiger partial charge in [-0.1, -0.05) is 5.10 Å². The quantitative estimate of drug-likeness (QED) is 0.647. The summed E-state index contributed by atoms with van der Waals surface area (Å²) in [5.74, 6) is -0.476. The SMILES string of the molecule is COc1ccc(-c2nnc(N3CCC(C(=O)NCc4cc(F)cc(F)c4)CC3)o2)cc1. The largest absolute Gasteiger partial charge is 0.497 e. The number of anilines is 1. The number of carbonyl (C=O) groups is 1. The van der Waals surface area contributed by atoms with E-state index >= 15 is 0 Å². The normalized spacial score (nSPS) is 14.5. The van der Waals surface area contributed by atoms with Crippen molar-refractivity contribution < 1.29 is 22.7 Å². The van der Waals surface area contributed by atoms with E-state index in [4.69, 9.17) is 9.15 Å². The van der Waals surface area contributed by atoms with Crippen LogP contribution in [0.25, 0.3) is 11.5 Å². The molecule has 0 spiro atoms. The van der Waals surface area contributed by atoms with E-state index in [2.05, 4.69) is 15.5 Å². The topological polar surface area (TPSA) is 80.5 Å². The first kappa shape index (κ1) is 20.8. The van der Waals surface area contributed by atoms with E-state index in [0.29, 0.717) is 43.4 Å². The van der Waals surface area contributed by atoms with Crippen molar-refractivity contribution in [2.75, 3.05) is 25.1 Å². The minimum Gasteiger partial charge on any atom is -0.497 e. The molecule has 0 radical (unpaired) electrons. The van der Waals surface area contributed by atoms with Gasteiger partial charge in [0.05, 0.1) is 7.11 Å². The number of amides is 1. The predicted octanol–water partition coefficient (Wildman–Crippen LogP) is 3.56. The van der Waals surface area contributed by atoms with Crippen LogP contribution in [0.3, 0.4) is 0 Å². The Labute approximate surface area is 178 Å². The third-order valence-electron chi connectivity index (χ3n) is 5.28. The molecule has 1 fully saturated rings. The number of hydrogen-bond acceptors (Lipinski definition) is 6. The number of hydrogen-bond donors (Lipinski definition) is 1. The fourth-order valence-corrected chi connectivity index (χ4v) is 3.57. The van der Waals surface area contributed by atoms with Gasteiger partial charge >= 0.3 is 6.01 Å². The highest BCUT2D eigenvalue weighted by Crippen LogP contribution is 2.27. The third kappa shape index (κ3) is 4.99. The van der Waals surface area contributed by atoms with Crippen molar-refractivity contribution in [1.29, 1.82) is 0 Å². The number of ether oxygens (including phenoxy) is 1. The van der Waals surface area contributed by atoms with Gasteiger partial charge in [-0.2, -0.15) is 0 Å². The monoisotopic (exact) mass is 428 g/mol. The van der Waals surface area contributed by atoms with Crippen LogP contribution in [0.5, 0.6) is 5.75 Å². The zero-order valence-electron chi connectivity index (χ0n) is 17.0. The number of nitrogens with zero attached hydrogens (tertiary/aromatic N) is 3. The van der Waals surface area contributed by atoms with Gasteiger partial charge in [0.1, 0.15) is 17.4 Å². The van der Waals surface area contributed by atoms with Crippen LogP contribution in [0.15, 0.2) is 46.9 Å². The van der Waals surface area contributed by atoms with Crippen LogP contribution in [0.1, 0.15) is 18.4 Å². The Morgan fingerprint density at radius 2 is 1.81 bits per heavy atom. The highest BCUT2D eigenvalue weighted by molar-refractivity contribution is 5.78. The summed E-state index contributed by atoms with van der Waals surface area (Å²) in [4.78, 5) is 14.4. The van der Waals surface area contributed by atoms with Crippen LogP contribution < -0.4 is 15.0 Å². The zero-order valence-corrected chi connectivity index (χ0v) is 17.0. The molecular weight excluding hydrogens is 406 g/mol. The van der Waals surface area contributed by atoms with Crippen LogP contribution in [-0.4, -0.2) is 36.3 Å². The summed E-state index contributed by atoms with van der Waals surface area (Å²) in [7, 11) is 1.60. The first-order chi connectivity index (χ1) is 15.0. The summed E-state index contributed by atoms with van der Waals surface area (Å²) in [6.45, 7) is 1.27. The summed E-state index contributed by atoms with van der Waals surface area (Å²) in [5, 5.41) is 11.0. The predicted molar refractivity (Wildman–Crippen MR) is 109 cm³/mol. The van der Waals surface area contributed by atoms with Gasteiger partial charge in [-0.15, -0.1) is 5.10 Å². The molecule has 0 unspecified atom stereocenters. The van der Waals surface area contributed by atoms with Crippen molar-refractivity contribution in [1.82, 2.24) is 15.5 Å². The molecule has 9 heteroatoms. The molecule has 0 bridgehead atoms. The van der Waals surface area contributed by atoms with Gasteiger partial charge in [-0.05, 0) is 54.8 Å². The Bertz CT molecular complexity index is 1030. The van der Waals surface area contributed by atoms with Crippen LogP contribution >= 0.6 is 0 Å². The molecule has 3 aromatic rings. The van der Waals surface area contributed by atoms with Gasteiger partial charge in [-0.25, -0.2) is 8.78 Å². The van der Waals surface area contributed by atoms with E-state index in [9.17, 15) is 13.6 Å². The average molecular weight is 428 g/mol. The molecule has 2 aromatic carbocycles. The highest BCUT2D eigenvalue weighted by Gasteiger charge is 2.27. The second-order valence-electron chi connectivity index (χ2n) is 7.38. The Balaban J connectivity index is 1.30. The van der Waals surface area contributed by atoms with Crippen molar-refractivity contribution in [2.24, 2.45) is 5.92 Å². The zero-order chi connectivity index (χ0) is 21.8. The first-order valence-corrected chi connectivity index (χ1v) is 9.97. The first-order valence-electron chi connectivity index (χ1n) is 9.97. The molecule has 7 nitrogen and oxygen atoms in total. The molecular formula is C22H22F2N4O3. The van der Waals surface area contributed by atoms with E-state index in [1.807, 2.05) is 29.2 Å². The minimum atomic E-state index is -0.661. The molecule has 1 aromatic heterocycles. The van der Waals surface area contributed by atoms with Gasteiger partial charge in [0, 0.05) is 37.2 Å². The molecule has 0 saturated carbocycles. The van der Waals surface area contributed by atoms with Crippen LogP contribution in [0.4, 0.5) is 14.8 Å². The summed E-state index contributed by atoms with van der Waals surface area (Å²) in [6, 6.07) is 11.0. The van der Waals surface area contributed by atoms with Crippen molar-refractivity contribution >= 4 is 11.9 Å². The molecule has 4 rings (SSSR count). The van der Waals surface area contributed by atoms with E-state index in [0.717, 1.165) is 17.4 Å². The molecule has 1 amide bonds. The van der Waals surface area contributed by atoms with Crippen molar-refractivity contribution in [3.63, 3.8) is 0 Å². The number of nitrogens with one attached hydrogen (secondary N) is 1. The molecule has 162 valence electrons. The van der Waals surface area contributed by atoms with Gasteiger partial charge in [0.25, 0.3) is 0 Å². The molecule has 0 aliphatic carbocycles. The number of piperidine rings is 1. The number of rotatable bonds is 6. The minimum absolute atomic E-state index is 0.0859. The Morgan fingerprint density at radius 3 is 2.45 bits per heavy atom. The molecule has 0 atom stereocenters. The maximum Gasteiger partial charge on any atom is 0.318 e. The Hall–Kier alpha value is -3.49. The van der Waals surface area contributed by atoms with Crippen LogP contribution in [-0.2, 0) is 11.3 Å². The fourth-order valence-electron chi connectivity index (χ4n) is 3.57. The molecule has 1 N–H and O–H groups in total. The van der Waals surface area contributed by atoms with Gasteiger partial charge in [0.2, 0.25) is 11.8 Å². The number of halogens is 2. The van der Waals surface area contributed by atoms with Gasteiger partial charge in [0.15, 0.2) is 0 Å². The highest BCUT2D eigenvalue weighted by atomic mass is 19.1. The molecule has 1 aliphatic rings. The number of aromatic nitrogens is 2. The Morgan fingerprint density at radius 1 is 1.13 bits per heavy atom. The van der Waals surface area contributed by atoms with E-state index in [1.165, 1.54) is 12.1 Å². The Kier molecular flexibility index (Phi) is 6.11. The van der Waals surface area contributed by atoms with E-state index in [-0.39, 0.29) is 18.4 Å². The summed E-state index contributed by atoms with van der Waals surface area (Å²) < 4.78 is 37.5. The molecule has 1 saturated heterocycles. The summed E-state index contributed by atoms with van der Waals surface area (Å²) in [5.41, 5.74) is 1.18. The van der Waals surface area contributed by atoms with E-state index < -0.39 is 11.6 Å². The molecule has 31 heavy (non-hydrogen) atoms. The lowest BCUT2D eigenvalue weighted by Gasteiger charge is -2.29. The van der Waals surface area contributed by atoms with Crippen molar-refractivity contribution in [2.45, 2.75) is 19.4 Å². The van der Waals surface area contributed by atoms with Gasteiger partial charge < -0.3 is 19.4 Å². The van der Waals surface area contributed by atoms with E-state index in [1.54, 1.807) is 7.11 Å². The second-order valence-corrected chi connectivity index (χ2v) is 7.38. The van der Waals surface area contributed by atoms with Crippen LogP contribution in [0, 0.1) is 17.6 Å². The fraction of sp³-hybridized carbons (Fsp3) is 0.318. The number of benzene rings is 2. The summed E-state index contributed by atoms with van der Waals surface area (Å²) >= 11 is 0. The lowest BCUT2D eigenvalue weighted by atomic mass is 9.96. The lowest BCUT2D eigenvalue weighted by molar-refractivity contribution is -0.125. The maximum atomic E-state index is 13.3. The van der Waals surface area contributed by atoms with Crippen molar-refractivity contribution in [3.8, 4) is 17.2 Å². The van der Waals surface area contributed by atoms with Crippen molar-refractivity contribution in [3.05, 3.63) is 59.7 Å². The molecule has 2 heterocycles. The maximum absolute atomic E-state index is 13.3. The molecule has 1 aliphatic heterocycles. The third-order valence-corrected chi connectivity index (χ3v) is 5.28. The number of carbonyl (C=O) groups excluding carboxylic acids is 1. The second kappa shape index (κ2) is 9.11.